The summed E-state index contributed by atoms with van der Waals surface area (Å²) < 4.78 is 9.50. The molecule has 0 saturated heterocycles. The Bertz CT molecular complexity index is 1220. The van der Waals surface area contributed by atoms with Gasteiger partial charge in [0.25, 0.3) is 0 Å². The van der Waals surface area contributed by atoms with Crippen LogP contribution in [0.4, 0.5) is 0 Å². The van der Waals surface area contributed by atoms with Crippen molar-refractivity contribution < 1.29 is 4.74 Å². The van der Waals surface area contributed by atoms with Gasteiger partial charge in [-0.2, -0.15) is 5.10 Å². The minimum Gasteiger partial charge on any atom is -0.497 e. The highest BCUT2D eigenvalue weighted by Crippen LogP contribution is 2.18. The van der Waals surface area contributed by atoms with Crippen molar-refractivity contribution in [3.05, 3.63) is 89.0 Å². The molecule has 178 valence electrons. The normalized spacial score (nSPS) is 11.2. The average Bonchev–Trinajstić information content (AvgIpc) is 3.35. The molecule has 5 heteroatoms. The average molecular weight is 458 g/mol. The van der Waals surface area contributed by atoms with E-state index >= 15 is 0 Å². The second kappa shape index (κ2) is 12.2. The Morgan fingerprint density at radius 1 is 0.794 bits per heavy atom. The van der Waals surface area contributed by atoms with Gasteiger partial charge < -0.3 is 9.30 Å². The molecule has 34 heavy (non-hydrogen) atoms. The number of aryl methyl sites for hydroxylation is 2. The number of fused-ring (bicyclic) bond motifs is 1. The van der Waals surface area contributed by atoms with Crippen molar-refractivity contribution in [3.8, 4) is 11.4 Å². The van der Waals surface area contributed by atoms with Crippen LogP contribution in [0.3, 0.4) is 0 Å². The number of nitrogens with zero attached hydrogens (tertiary/aromatic N) is 3. The molecule has 0 aliphatic rings. The van der Waals surface area contributed by atoms with Crippen molar-refractivity contribution in [2.24, 2.45) is 0 Å². The monoisotopic (exact) mass is 457 g/mol. The van der Waals surface area contributed by atoms with Gasteiger partial charge >= 0.3 is 0 Å². The number of pyridine rings is 1. The number of hydrogen-bond acceptors (Lipinski definition) is 3. The van der Waals surface area contributed by atoms with E-state index in [-0.39, 0.29) is 5.43 Å². The van der Waals surface area contributed by atoms with E-state index in [4.69, 9.17) is 4.74 Å². The first-order valence-electron chi connectivity index (χ1n) is 12.5. The zero-order valence-electron chi connectivity index (χ0n) is 20.2. The fraction of sp³-hybridized carbons (Fsp3) is 0.379. The summed E-state index contributed by atoms with van der Waals surface area (Å²) in [5.41, 5.74) is 3.50. The summed E-state index contributed by atoms with van der Waals surface area (Å²) in [7, 11) is 1.69. The van der Waals surface area contributed by atoms with Crippen LogP contribution in [0.15, 0.2) is 77.9 Å². The maximum absolute atomic E-state index is 12.0. The maximum Gasteiger partial charge on any atom is 0.189 e. The lowest BCUT2D eigenvalue weighted by molar-refractivity contribution is 0.414. The van der Waals surface area contributed by atoms with Gasteiger partial charge in [-0.15, -0.1) is 0 Å². The van der Waals surface area contributed by atoms with E-state index < -0.39 is 0 Å². The minimum absolute atomic E-state index is 0.108. The Hall–Kier alpha value is -3.34. The smallest absolute Gasteiger partial charge is 0.189 e. The van der Waals surface area contributed by atoms with Gasteiger partial charge in [0.2, 0.25) is 0 Å². The van der Waals surface area contributed by atoms with Crippen LogP contribution >= 0.6 is 0 Å². The number of aromatic nitrogens is 3. The lowest BCUT2D eigenvalue weighted by Crippen LogP contribution is -2.08. The second-order valence-corrected chi connectivity index (χ2v) is 8.90. The molecular weight excluding hydrogens is 422 g/mol. The van der Waals surface area contributed by atoms with Crippen LogP contribution in [0.2, 0.25) is 0 Å². The minimum atomic E-state index is 0.108. The van der Waals surface area contributed by atoms with Crippen LogP contribution in [0.25, 0.3) is 16.6 Å². The third kappa shape index (κ3) is 6.16. The van der Waals surface area contributed by atoms with Gasteiger partial charge in [0.05, 0.1) is 18.3 Å². The van der Waals surface area contributed by atoms with Gasteiger partial charge in [-0.05, 0) is 61.7 Å². The van der Waals surface area contributed by atoms with Gasteiger partial charge in [0.1, 0.15) is 5.75 Å². The standard InChI is InChI=1S/C29H35N3O2/c1-34-26-17-15-25(16-18-26)32-24(19-21-30-32)12-8-6-4-2-3-5-7-11-22-31-23-20-29(33)27-13-9-10-14-28(27)31/h9-10,13-21,23H,2-8,11-12,22H2,1H3. The molecule has 0 radical (unpaired) electrons. The number of unbranched alkanes of at least 4 members (excludes halogenated alkanes) is 7. The number of para-hydroxylation sites is 1. The molecule has 2 heterocycles. The summed E-state index contributed by atoms with van der Waals surface area (Å²) in [5.74, 6) is 0.864. The number of ether oxygens (including phenoxy) is 1. The van der Waals surface area contributed by atoms with Crippen molar-refractivity contribution in [2.45, 2.75) is 64.3 Å². The Kier molecular flexibility index (Phi) is 8.55. The number of hydrogen-bond donors (Lipinski definition) is 0. The first-order valence-corrected chi connectivity index (χ1v) is 12.5. The van der Waals surface area contributed by atoms with Crippen LogP contribution in [0.1, 0.15) is 57.1 Å². The topological polar surface area (TPSA) is 49.0 Å². The molecule has 2 aromatic carbocycles. The molecule has 0 unspecified atom stereocenters. The molecule has 0 fully saturated rings. The lowest BCUT2D eigenvalue weighted by Gasteiger charge is -2.10. The quantitative estimate of drug-likeness (QED) is 0.214. The molecule has 0 aliphatic carbocycles. The number of methoxy groups -OCH3 is 1. The van der Waals surface area contributed by atoms with E-state index in [0.717, 1.165) is 41.7 Å². The Labute approximate surface area is 202 Å². The molecule has 4 rings (SSSR count). The van der Waals surface area contributed by atoms with E-state index in [1.54, 1.807) is 13.2 Å². The Morgan fingerprint density at radius 2 is 1.50 bits per heavy atom. The predicted octanol–water partition coefficient (Wildman–Crippen LogP) is 6.56. The summed E-state index contributed by atoms with van der Waals surface area (Å²) >= 11 is 0. The van der Waals surface area contributed by atoms with Crippen LogP contribution < -0.4 is 10.2 Å². The van der Waals surface area contributed by atoms with Crippen LogP contribution in [0, 0.1) is 0 Å². The van der Waals surface area contributed by atoms with E-state index in [2.05, 4.69) is 27.9 Å². The largest absolute Gasteiger partial charge is 0.497 e. The van der Waals surface area contributed by atoms with Crippen molar-refractivity contribution in [1.29, 1.82) is 0 Å². The zero-order chi connectivity index (χ0) is 23.6. The predicted molar refractivity (Wildman–Crippen MR) is 139 cm³/mol. The van der Waals surface area contributed by atoms with Crippen LogP contribution in [-0.4, -0.2) is 21.5 Å². The van der Waals surface area contributed by atoms with Crippen molar-refractivity contribution >= 4 is 10.9 Å². The van der Waals surface area contributed by atoms with Crippen molar-refractivity contribution in [2.75, 3.05) is 7.11 Å². The Balaban J connectivity index is 1.10. The zero-order valence-corrected chi connectivity index (χ0v) is 20.2. The van der Waals surface area contributed by atoms with Gasteiger partial charge in [-0.1, -0.05) is 50.7 Å². The van der Waals surface area contributed by atoms with Gasteiger partial charge in [0.15, 0.2) is 5.43 Å². The molecular formula is C29H35N3O2. The van der Waals surface area contributed by atoms with Gasteiger partial charge in [-0.3, -0.25) is 4.79 Å². The molecule has 0 aliphatic heterocycles. The highest BCUT2D eigenvalue weighted by molar-refractivity contribution is 5.78. The lowest BCUT2D eigenvalue weighted by atomic mass is 10.1. The molecule has 0 N–H and O–H groups in total. The fourth-order valence-electron chi connectivity index (χ4n) is 4.58. The molecule has 0 amide bonds. The van der Waals surface area contributed by atoms with Crippen molar-refractivity contribution in [1.82, 2.24) is 14.3 Å². The maximum atomic E-state index is 12.0. The highest BCUT2D eigenvalue weighted by Gasteiger charge is 2.05. The van der Waals surface area contributed by atoms with E-state index in [1.807, 2.05) is 53.5 Å². The first kappa shape index (κ1) is 23.8. The summed E-state index contributed by atoms with van der Waals surface area (Å²) in [6, 6.07) is 19.8. The summed E-state index contributed by atoms with van der Waals surface area (Å²) in [4.78, 5) is 12.0. The fourth-order valence-corrected chi connectivity index (χ4v) is 4.58. The van der Waals surface area contributed by atoms with Gasteiger partial charge in [-0.25, -0.2) is 4.68 Å². The van der Waals surface area contributed by atoms with E-state index in [1.165, 1.54) is 50.6 Å². The van der Waals surface area contributed by atoms with Crippen molar-refractivity contribution in [3.63, 3.8) is 0 Å². The molecule has 4 aromatic rings. The molecule has 0 atom stereocenters. The molecule has 0 spiro atoms. The second-order valence-electron chi connectivity index (χ2n) is 8.90. The van der Waals surface area contributed by atoms with Crippen LogP contribution in [-0.2, 0) is 13.0 Å². The summed E-state index contributed by atoms with van der Waals surface area (Å²) in [6.07, 6.45) is 14.9. The van der Waals surface area contributed by atoms with E-state index in [9.17, 15) is 4.79 Å². The summed E-state index contributed by atoms with van der Waals surface area (Å²) in [5, 5.41) is 5.32. The van der Waals surface area contributed by atoms with Gasteiger partial charge in [0, 0.05) is 36.1 Å². The Morgan fingerprint density at radius 3 is 2.26 bits per heavy atom. The summed E-state index contributed by atoms with van der Waals surface area (Å²) in [6.45, 7) is 0.975. The van der Waals surface area contributed by atoms with Crippen LogP contribution in [0.5, 0.6) is 5.75 Å². The number of rotatable bonds is 13. The molecule has 5 nitrogen and oxygen atoms in total. The molecule has 0 saturated carbocycles. The molecule has 0 bridgehead atoms. The third-order valence-electron chi connectivity index (χ3n) is 6.50. The number of benzene rings is 2. The first-order chi connectivity index (χ1) is 16.8. The van der Waals surface area contributed by atoms with E-state index in [0.29, 0.717) is 0 Å². The SMILES string of the molecule is COc1ccc(-n2nccc2CCCCCCCCCCn2ccc(=O)c3ccccc32)cc1. The third-order valence-corrected chi connectivity index (χ3v) is 6.50. The highest BCUT2D eigenvalue weighted by atomic mass is 16.5. The molecule has 2 aromatic heterocycles.